The van der Waals surface area contributed by atoms with Gasteiger partial charge >= 0.3 is 5.97 Å². The first kappa shape index (κ1) is 33.9. The van der Waals surface area contributed by atoms with Crippen LogP contribution in [0.1, 0.15) is 35.0 Å². The Morgan fingerprint density at radius 3 is 2.08 bits per heavy atom. The minimum absolute atomic E-state index is 0.0716. The number of aromatic nitrogens is 2. The lowest BCUT2D eigenvalue weighted by molar-refractivity contribution is -0.146. The van der Waals surface area contributed by atoms with Gasteiger partial charge in [-0.15, -0.1) is 0 Å². The molecule has 2 fully saturated rings. The number of esters is 1. The predicted octanol–water partition coefficient (Wildman–Crippen LogP) is 6.65. The molecule has 5 aromatic rings. The first-order valence-electron chi connectivity index (χ1n) is 17.8. The number of allylic oxidation sites excluding steroid dienone is 2. The Kier molecular flexibility index (Phi) is 8.98. The standard InChI is InChI=1S/C45H37N3O5/c1-29(27-30-15-5-2-6-16-30)44(51)53-26-25-48-42(49)39-33-28-34(45(52,32-19-9-4-10-20-32)36-22-12-14-24-47-36)40(41(39)43(48)50)38(33)37(31-17-7-3-8-18-31)35-21-11-13-23-46-35/h2-24,27-28,33,39-41,52H,25-26H2,1H3/b29-27+,38-37?/t33-,39-,40+,41-,45?/m0/s1. The van der Waals surface area contributed by atoms with E-state index in [0.29, 0.717) is 28.1 Å². The van der Waals surface area contributed by atoms with Crippen LogP contribution in [0.5, 0.6) is 0 Å². The number of rotatable bonds is 10. The molecule has 53 heavy (non-hydrogen) atoms. The number of hydrogen-bond donors (Lipinski definition) is 1. The van der Waals surface area contributed by atoms with Gasteiger partial charge < -0.3 is 9.84 Å². The maximum Gasteiger partial charge on any atom is 0.333 e. The van der Waals surface area contributed by atoms with Gasteiger partial charge in [-0.25, -0.2) is 4.79 Å². The lowest BCUT2D eigenvalue weighted by Gasteiger charge is -2.36. The van der Waals surface area contributed by atoms with Crippen LogP contribution < -0.4 is 0 Å². The second-order valence-corrected chi connectivity index (χ2v) is 13.6. The van der Waals surface area contributed by atoms with Gasteiger partial charge in [-0.1, -0.05) is 109 Å². The smallest absolute Gasteiger partial charge is 0.333 e. The number of likely N-dealkylation sites (tertiary alicyclic amines) is 1. The lowest BCUT2D eigenvalue weighted by Crippen LogP contribution is -2.39. The summed E-state index contributed by atoms with van der Waals surface area (Å²) in [5.41, 5.74) is 4.50. The number of benzene rings is 3. The van der Waals surface area contributed by atoms with Gasteiger partial charge in [0.25, 0.3) is 0 Å². The van der Waals surface area contributed by atoms with Crippen LogP contribution in [0.4, 0.5) is 0 Å². The van der Waals surface area contributed by atoms with Crippen LogP contribution in [0.15, 0.2) is 163 Å². The van der Waals surface area contributed by atoms with Crippen LogP contribution in [-0.2, 0) is 24.7 Å². The summed E-state index contributed by atoms with van der Waals surface area (Å²) in [6.07, 6.45) is 7.10. The minimum Gasteiger partial charge on any atom is -0.460 e. The SMILES string of the molecule is C/C(=C\c1ccccc1)C(=O)OCCN1C(=O)[C@@H]2[C@@H]3C(C(O)(c4ccccc4)c4ccccn4)=C[C@@H](C3=C(c3ccccc3)c3ccccn3)[C@@H]2C1=O. The van der Waals surface area contributed by atoms with Crippen molar-refractivity contribution in [2.45, 2.75) is 12.5 Å². The number of ether oxygens (including phenoxy) is 1. The van der Waals surface area contributed by atoms with Gasteiger partial charge in [-0.05, 0) is 65.1 Å². The van der Waals surface area contributed by atoms with E-state index in [4.69, 9.17) is 9.72 Å². The fraction of sp³-hybridized carbons (Fsp3) is 0.178. The molecule has 8 nitrogen and oxygen atoms in total. The molecule has 2 bridgehead atoms. The molecule has 2 aliphatic carbocycles. The summed E-state index contributed by atoms with van der Waals surface area (Å²) in [5, 5.41) is 13.1. The zero-order chi connectivity index (χ0) is 36.5. The third kappa shape index (κ3) is 5.91. The molecule has 2 aromatic heterocycles. The third-order valence-corrected chi connectivity index (χ3v) is 10.6. The minimum atomic E-state index is -1.71. The maximum atomic E-state index is 14.6. The van der Waals surface area contributed by atoms with Crippen molar-refractivity contribution < 1.29 is 24.2 Å². The number of aliphatic hydroxyl groups is 1. The first-order valence-corrected chi connectivity index (χ1v) is 17.8. The molecule has 2 amide bonds. The van der Waals surface area contributed by atoms with Crippen molar-refractivity contribution in [2.75, 3.05) is 13.2 Å². The Bertz CT molecular complexity index is 2170. The largest absolute Gasteiger partial charge is 0.460 e. The Morgan fingerprint density at radius 2 is 1.42 bits per heavy atom. The average Bonchev–Trinajstić information content (AvgIpc) is 3.82. The number of pyridine rings is 2. The van der Waals surface area contributed by atoms with Gasteiger partial charge in [0.1, 0.15) is 6.61 Å². The highest BCUT2D eigenvalue weighted by molar-refractivity contribution is 6.08. The predicted molar refractivity (Wildman–Crippen MR) is 200 cm³/mol. The van der Waals surface area contributed by atoms with Gasteiger partial charge in [0.05, 0.1) is 29.8 Å². The summed E-state index contributed by atoms with van der Waals surface area (Å²) < 4.78 is 5.56. The molecule has 8 heteroatoms. The van der Waals surface area contributed by atoms with Crippen molar-refractivity contribution in [3.8, 4) is 0 Å². The van der Waals surface area contributed by atoms with Gasteiger partial charge in [-0.3, -0.25) is 24.5 Å². The topological polar surface area (TPSA) is 110 Å². The highest BCUT2D eigenvalue weighted by Crippen LogP contribution is 2.64. The van der Waals surface area contributed by atoms with Crippen LogP contribution in [0.25, 0.3) is 11.6 Å². The number of imide groups is 1. The molecule has 0 radical (unpaired) electrons. The quantitative estimate of drug-likeness (QED) is 0.0753. The Labute approximate surface area is 307 Å². The van der Waals surface area contributed by atoms with Crippen LogP contribution >= 0.6 is 0 Å². The van der Waals surface area contributed by atoms with E-state index in [2.05, 4.69) is 4.98 Å². The molecule has 3 heterocycles. The molecular formula is C45H37N3O5. The zero-order valence-corrected chi connectivity index (χ0v) is 29.1. The second kappa shape index (κ2) is 14.1. The van der Waals surface area contributed by atoms with Crippen molar-refractivity contribution >= 4 is 29.4 Å². The van der Waals surface area contributed by atoms with E-state index < -0.39 is 35.2 Å². The Morgan fingerprint density at radius 1 is 0.792 bits per heavy atom. The maximum absolute atomic E-state index is 14.6. The van der Waals surface area contributed by atoms with Gasteiger partial charge in [-0.2, -0.15) is 0 Å². The van der Waals surface area contributed by atoms with E-state index in [1.807, 2.05) is 121 Å². The van der Waals surface area contributed by atoms with Crippen LogP contribution in [0, 0.1) is 23.7 Å². The van der Waals surface area contributed by atoms with Crippen molar-refractivity contribution in [3.63, 3.8) is 0 Å². The number of carbonyl (C=O) groups excluding carboxylic acids is 3. The van der Waals surface area contributed by atoms with Gasteiger partial charge in [0.15, 0.2) is 5.60 Å². The third-order valence-electron chi connectivity index (χ3n) is 10.6. The molecular weight excluding hydrogens is 663 g/mol. The molecule has 1 aliphatic heterocycles. The van der Waals surface area contributed by atoms with E-state index in [0.717, 1.165) is 22.3 Å². The highest BCUT2D eigenvalue weighted by atomic mass is 16.5. The molecule has 1 saturated carbocycles. The van der Waals surface area contributed by atoms with E-state index in [1.165, 1.54) is 4.90 Å². The van der Waals surface area contributed by atoms with Crippen LogP contribution in [0.3, 0.4) is 0 Å². The normalized spacial score (nSPS) is 22.6. The summed E-state index contributed by atoms with van der Waals surface area (Å²) in [5.74, 6) is -3.86. The summed E-state index contributed by atoms with van der Waals surface area (Å²) in [7, 11) is 0. The van der Waals surface area contributed by atoms with E-state index in [-0.39, 0.29) is 25.0 Å². The first-order chi connectivity index (χ1) is 25.9. The molecule has 5 atom stereocenters. The molecule has 1 N–H and O–H groups in total. The number of fused-ring (bicyclic) bond motifs is 5. The Balaban J connectivity index is 1.20. The van der Waals surface area contributed by atoms with Crippen molar-refractivity contribution in [1.29, 1.82) is 0 Å². The number of nitrogens with zero attached hydrogens (tertiary/aromatic N) is 3. The fourth-order valence-corrected chi connectivity index (χ4v) is 8.33. The molecule has 1 saturated heterocycles. The molecule has 8 rings (SSSR count). The molecule has 1 unspecified atom stereocenters. The highest BCUT2D eigenvalue weighted by Gasteiger charge is 2.66. The second-order valence-electron chi connectivity index (χ2n) is 13.6. The number of carbonyl (C=O) groups is 3. The van der Waals surface area contributed by atoms with Crippen molar-refractivity contribution in [3.05, 3.63) is 191 Å². The molecule has 0 spiro atoms. The Hall–Kier alpha value is -6.25. The fourth-order valence-electron chi connectivity index (χ4n) is 8.33. The monoisotopic (exact) mass is 699 g/mol. The van der Waals surface area contributed by atoms with Crippen LogP contribution in [0.2, 0.25) is 0 Å². The van der Waals surface area contributed by atoms with Crippen molar-refractivity contribution in [2.24, 2.45) is 23.7 Å². The lowest BCUT2D eigenvalue weighted by atomic mass is 9.71. The number of amides is 2. The summed E-state index contributed by atoms with van der Waals surface area (Å²) >= 11 is 0. The molecule has 262 valence electrons. The van der Waals surface area contributed by atoms with E-state index in [1.54, 1.807) is 37.5 Å². The van der Waals surface area contributed by atoms with E-state index >= 15 is 0 Å². The summed E-state index contributed by atoms with van der Waals surface area (Å²) in [6, 6.07) is 39.7. The molecule has 3 aromatic carbocycles. The average molecular weight is 700 g/mol. The van der Waals surface area contributed by atoms with Gasteiger partial charge in [0, 0.05) is 35.4 Å². The van der Waals surface area contributed by atoms with Crippen molar-refractivity contribution in [1.82, 2.24) is 14.9 Å². The van der Waals surface area contributed by atoms with Gasteiger partial charge in [0.2, 0.25) is 11.8 Å². The summed E-state index contributed by atoms with van der Waals surface area (Å²) in [6.45, 7) is 1.46. The molecule has 3 aliphatic rings. The number of hydrogen-bond acceptors (Lipinski definition) is 7. The summed E-state index contributed by atoms with van der Waals surface area (Å²) in [4.78, 5) is 52.5. The zero-order valence-electron chi connectivity index (χ0n) is 29.1. The van der Waals surface area contributed by atoms with E-state index in [9.17, 15) is 19.5 Å². The van der Waals surface area contributed by atoms with Crippen LogP contribution in [-0.4, -0.2) is 50.9 Å².